The van der Waals surface area contributed by atoms with E-state index in [0.29, 0.717) is 32.1 Å². The molecule has 1 N–H and O–H groups in total. The summed E-state index contributed by atoms with van der Waals surface area (Å²) in [4.78, 5) is 6.24. The fourth-order valence-corrected chi connectivity index (χ4v) is 4.06. The number of hydrogen-bond acceptors (Lipinski definition) is 3. The number of aliphatic imine (C=N–C) groups is 1. The van der Waals surface area contributed by atoms with E-state index >= 15 is 0 Å². The van der Waals surface area contributed by atoms with Crippen molar-refractivity contribution in [2.24, 2.45) is 4.99 Å². The van der Waals surface area contributed by atoms with Gasteiger partial charge in [0.05, 0.1) is 5.75 Å². The predicted molar refractivity (Wildman–Crippen MR) is 121 cm³/mol. The lowest BCUT2D eigenvalue weighted by Crippen LogP contribution is -2.42. The first-order chi connectivity index (χ1) is 11.9. The van der Waals surface area contributed by atoms with Gasteiger partial charge >= 0.3 is 0 Å². The zero-order valence-electron chi connectivity index (χ0n) is 16.5. The molecular weight excluding hydrogens is 463 g/mol. The van der Waals surface area contributed by atoms with Gasteiger partial charge in [0, 0.05) is 40.3 Å². The van der Waals surface area contributed by atoms with E-state index in [0.717, 1.165) is 6.42 Å². The van der Waals surface area contributed by atoms with Gasteiger partial charge in [-0.3, -0.25) is 4.99 Å². The molecule has 0 saturated carbocycles. The van der Waals surface area contributed by atoms with E-state index in [9.17, 15) is 8.42 Å². The molecule has 0 aliphatic heterocycles. The average Bonchev–Trinajstić information content (AvgIpc) is 2.60. The third kappa shape index (κ3) is 7.79. The Balaban J connectivity index is 0.00000625. The van der Waals surface area contributed by atoms with Gasteiger partial charge < -0.3 is 10.2 Å². The molecule has 0 spiro atoms. The molecule has 1 aromatic rings. The van der Waals surface area contributed by atoms with Gasteiger partial charge in [-0.05, 0) is 17.5 Å². The number of halogens is 1. The molecule has 0 fully saturated rings. The van der Waals surface area contributed by atoms with E-state index in [1.165, 1.54) is 15.4 Å². The molecule has 26 heavy (non-hydrogen) atoms. The molecule has 0 radical (unpaired) electrons. The maximum Gasteiger partial charge on any atom is 0.215 e. The number of rotatable bonds is 9. The first-order valence-electron chi connectivity index (χ1n) is 8.85. The Hall–Kier alpha value is -0.870. The van der Waals surface area contributed by atoms with E-state index < -0.39 is 10.0 Å². The summed E-state index contributed by atoms with van der Waals surface area (Å²) in [7, 11) is 0.431. The average molecular weight is 496 g/mol. The highest BCUT2D eigenvalue weighted by atomic mass is 127. The zero-order chi connectivity index (χ0) is 18.9. The first-order valence-corrected chi connectivity index (χ1v) is 10.5. The molecule has 0 unspecified atom stereocenters. The SMILES string of the molecule is CCc1ccc(CN(C)C(=NC)NCCS(=O)(=O)N(CC)CC)cc1.I. The van der Waals surface area contributed by atoms with E-state index in [-0.39, 0.29) is 29.7 Å². The molecule has 0 aliphatic carbocycles. The molecular formula is C18H33IN4O2S. The molecule has 0 bridgehead atoms. The summed E-state index contributed by atoms with van der Waals surface area (Å²) in [6, 6.07) is 8.51. The molecule has 150 valence electrons. The maximum atomic E-state index is 12.2. The van der Waals surface area contributed by atoms with E-state index in [1.807, 2.05) is 25.8 Å². The number of nitrogens with zero attached hydrogens (tertiary/aromatic N) is 3. The van der Waals surface area contributed by atoms with Crippen molar-refractivity contribution < 1.29 is 8.42 Å². The third-order valence-electron chi connectivity index (χ3n) is 4.17. The highest BCUT2D eigenvalue weighted by molar-refractivity contribution is 14.0. The lowest BCUT2D eigenvalue weighted by Gasteiger charge is -2.23. The topological polar surface area (TPSA) is 65.0 Å². The minimum Gasteiger partial charge on any atom is -0.355 e. The van der Waals surface area contributed by atoms with Crippen molar-refractivity contribution in [3.8, 4) is 0 Å². The molecule has 6 nitrogen and oxygen atoms in total. The summed E-state index contributed by atoms with van der Waals surface area (Å²) in [6.07, 6.45) is 1.03. The van der Waals surface area contributed by atoms with Crippen LogP contribution in [-0.2, 0) is 23.0 Å². The molecule has 1 rings (SSSR count). The monoisotopic (exact) mass is 496 g/mol. The number of nitrogens with one attached hydrogen (secondary N) is 1. The molecule has 1 aromatic carbocycles. The van der Waals surface area contributed by atoms with Gasteiger partial charge in [0.25, 0.3) is 0 Å². The van der Waals surface area contributed by atoms with Crippen LogP contribution in [0.1, 0.15) is 31.9 Å². The van der Waals surface area contributed by atoms with Crippen molar-refractivity contribution in [1.82, 2.24) is 14.5 Å². The number of hydrogen-bond donors (Lipinski definition) is 1. The Morgan fingerprint density at radius 2 is 1.62 bits per heavy atom. The van der Waals surface area contributed by atoms with Crippen LogP contribution in [0.3, 0.4) is 0 Å². The summed E-state index contributed by atoms with van der Waals surface area (Å²) in [5.74, 6) is 0.751. The second kappa shape index (κ2) is 12.5. The first kappa shape index (κ1) is 25.1. The van der Waals surface area contributed by atoms with E-state index in [2.05, 4.69) is 41.5 Å². The van der Waals surface area contributed by atoms with E-state index in [1.54, 1.807) is 7.05 Å². The standard InChI is InChI=1S/C18H32N4O2S.HI/c1-6-16-9-11-17(12-10-16)15-21(5)18(19-4)20-13-14-25(23,24)22(7-2)8-3;/h9-12H,6-8,13-15H2,1-5H3,(H,19,20);1H. The Bertz CT molecular complexity index is 644. The number of guanidine groups is 1. The van der Waals surface area contributed by atoms with E-state index in [4.69, 9.17) is 0 Å². The Morgan fingerprint density at radius 1 is 1.08 bits per heavy atom. The van der Waals surface area contributed by atoms with Crippen molar-refractivity contribution in [3.63, 3.8) is 0 Å². The second-order valence-electron chi connectivity index (χ2n) is 5.90. The minimum atomic E-state index is -3.22. The fourth-order valence-electron chi connectivity index (χ4n) is 2.65. The Kier molecular flexibility index (Phi) is 12.1. The van der Waals surface area contributed by atoms with Gasteiger partial charge in [-0.25, -0.2) is 12.7 Å². The van der Waals surface area contributed by atoms with Crippen molar-refractivity contribution in [2.45, 2.75) is 33.7 Å². The Morgan fingerprint density at radius 3 is 2.08 bits per heavy atom. The van der Waals surface area contributed by atoms with Crippen LogP contribution in [0.4, 0.5) is 0 Å². The quantitative estimate of drug-likeness (QED) is 0.324. The van der Waals surface area contributed by atoms with Crippen LogP contribution in [0.5, 0.6) is 0 Å². The van der Waals surface area contributed by atoms with Crippen molar-refractivity contribution in [2.75, 3.05) is 39.5 Å². The van der Waals surface area contributed by atoms with Crippen LogP contribution in [0, 0.1) is 0 Å². The minimum absolute atomic E-state index is 0. The van der Waals surface area contributed by atoms with Crippen LogP contribution in [0.25, 0.3) is 0 Å². The van der Waals surface area contributed by atoms with Crippen molar-refractivity contribution >= 4 is 40.0 Å². The smallest absolute Gasteiger partial charge is 0.215 e. The van der Waals surface area contributed by atoms with Crippen LogP contribution >= 0.6 is 24.0 Å². The number of aryl methyl sites for hydroxylation is 1. The van der Waals surface area contributed by atoms with Gasteiger partial charge in [0.1, 0.15) is 0 Å². The second-order valence-corrected chi connectivity index (χ2v) is 7.99. The van der Waals surface area contributed by atoms with Gasteiger partial charge in [-0.15, -0.1) is 24.0 Å². The molecule has 0 atom stereocenters. The zero-order valence-corrected chi connectivity index (χ0v) is 19.7. The predicted octanol–water partition coefficient (Wildman–Crippen LogP) is 2.55. The summed E-state index contributed by atoms with van der Waals surface area (Å²) in [5.41, 5.74) is 2.51. The van der Waals surface area contributed by atoms with Crippen LogP contribution in [0.2, 0.25) is 0 Å². The summed E-state index contributed by atoms with van der Waals surface area (Å²) >= 11 is 0. The molecule has 0 saturated heterocycles. The molecule has 0 heterocycles. The third-order valence-corrected chi connectivity index (χ3v) is 6.19. The fraction of sp³-hybridized carbons (Fsp3) is 0.611. The van der Waals surface area contributed by atoms with Crippen LogP contribution < -0.4 is 5.32 Å². The van der Waals surface area contributed by atoms with Crippen LogP contribution in [-0.4, -0.2) is 63.1 Å². The van der Waals surface area contributed by atoms with Gasteiger partial charge in [-0.2, -0.15) is 0 Å². The summed E-state index contributed by atoms with van der Waals surface area (Å²) in [5, 5.41) is 3.14. The Labute approximate surface area is 176 Å². The highest BCUT2D eigenvalue weighted by Gasteiger charge is 2.18. The molecule has 0 aromatic heterocycles. The van der Waals surface area contributed by atoms with Gasteiger partial charge in [0.15, 0.2) is 5.96 Å². The highest BCUT2D eigenvalue weighted by Crippen LogP contribution is 2.07. The van der Waals surface area contributed by atoms with Crippen LogP contribution in [0.15, 0.2) is 29.3 Å². The summed E-state index contributed by atoms with van der Waals surface area (Å²) in [6.45, 7) is 7.90. The van der Waals surface area contributed by atoms with Gasteiger partial charge in [0.2, 0.25) is 10.0 Å². The molecule has 0 amide bonds. The molecule has 8 heteroatoms. The summed E-state index contributed by atoms with van der Waals surface area (Å²) < 4.78 is 25.9. The normalized spacial score (nSPS) is 12.0. The number of benzene rings is 1. The lowest BCUT2D eigenvalue weighted by atomic mass is 10.1. The lowest BCUT2D eigenvalue weighted by molar-refractivity contribution is 0.443. The largest absolute Gasteiger partial charge is 0.355 e. The van der Waals surface area contributed by atoms with Crippen molar-refractivity contribution in [1.29, 1.82) is 0 Å². The maximum absolute atomic E-state index is 12.2. The molecule has 0 aliphatic rings. The van der Waals surface area contributed by atoms with Crippen molar-refractivity contribution in [3.05, 3.63) is 35.4 Å². The van der Waals surface area contributed by atoms with Gasteiger partial charge in [-0.1, -0.05) is 45.0 Å². The number of sulfonamides is 1.